The molecule has 1 amide bonds. The highest BCUT2D eigenvalue weighted by Crippen LogP contribution is 2.16. The Kier molecular flexibility index (Phi) is 6.30. The van der Waals surface area contributed by atoms with Gasteiger partial charge in [-0.3, -0.25) is 4.79 Å². The van der Waals surface area contributed by atoms with E-state index in [0.717, 1.165) is 9.87 Å². The van der Waals surface area contributed by atoms with Gasteiger partial charge < -0.3 is 10.0 Å². The van der Waals surface area contributed by atoms with Gasteiger partial charge in [-0.2, -0.15) is 0 Å². The lowest BCUT2D eigenvalue weighted by molar-refractivity contribution is 0.0707. The van der Waals surface area contributed by atoms with Crippen LogP contribution < -0.4 is 0 Å². The molecule has 0 saturated heterocycles. The number of rotatable bonds is 7. The first-order valence-electron chi connectivity index (χ1n) is 7.83. The van der Waals surface area contributed by atoms with Crippen molar-refractivity contribution in [1.29, 1.82) is 0 Å². The van der Waals surface area contributed by atoms with Crippen LogP contribution in [0.4, 0.5) is 0 Å². The molecule has 0 atom stereocenters. The van der Waals surface area contributed by atoms with E-state index in [9.17, 15) is 18.3 Å². The maximum Gasteiger partial charge on any atom is 0.254 e. The third-order valence-electron chi connectivity index (χ3n) is 3.75. The Morgan fingerprint density at radius 2 is 1.60 bits per heavy atom. The van der Waals surface area contributed by atoms with Crippen molar-refractivity contribution in [3.8, 4) is 0 Å². The lowest BCUT2D eigenvalue weighted by Gasteiger charge is -2.22. The predicted molar refractivity (Wildman–Crippen MR) is 95.6 cm³/mol. The van der Waals surface area contributed by atoms with E-state index in [4.69, 9.17) is 0 Å². The first-order valence-corrected chi connectivity index (χ1v) is 9.27. The van der Waals surface area contributed by atoms with Gasteiger partial charge >= 0.3 is 0 Å². The van der Waals surface area contributed by atoms with Gasteiger partial charge in [0.25, 0.3) is 5.91 Å². The summed E-state index contributed by atoms with van der Waals surface area (Å²) in [6.45, 7) is 0.426. The van der Waals surface area contributed by atoms with Crippen LogP contribution in [0.15, 0.2) is 59.5 Å². The minimum atomic E-state index is -3.53. The van der Waals surface area contributed by atoms with Crippen LogP contribution in [0, 0.1) is 0 Å². The van der Waals surface area contributed by atoms with Gasteiger partial charge in [0.2, 0.25) is 10.0 Å². The molecule has 0 bridgehead atoms. The molecule has 0 radical (unpaired) electrons. The van der Waals surface area contributed by atoms with Crippen LogP contribution in [0.2, 0.25) is 0 Å². The summed E-state index contributed by atoms with van der Waals surface area (Å²) in [5, 5.41) is 9.24. The van der Waals surface area contributed by atoms with Crippen LogP contribution in [0.5, 0.6) is 0 Å². The van der Waals surface area contributed by atoms with E-state index in [0.29, 0.717) is 12.1 Å². The van der Waals surface area contributed by atoms with Crippen LogP contribution in [-0.4, -0.2) is 55.9 Å². The number of carbonyl (C=O) groups is 1. The molecule has 1 N–H and O–H groups in total. The van der Waals surface area contributed by atoms with Crippen molar-refractivity contribution in [2.24, 2.45) is 0 Å². The normalized spacial score (nSPS) is 11.5. The molecule has 7 heteroatoms. The zero-order valence-electron chi connectivity index (χ0n) is 14.3. The van der Waals surface area contributed by atoms with Gasteiger partial charge in [0.1, 0.15) is 0 Å². The average molecular weight is 362 g/mol. The van der Waals surface area contributed by atoms with E-state index < -0.39 is 10.0 Å². The van der Waals surface area contributed by atoms with Crippen molar-refractivity contribution in [1.82, 2.24) is 9.21 Å². The molecule has 6 nitrogen and oxygen atoms in total. The Balaban J connectivity index is 2.22. The second-order valence-corrected chi connectivity index (χ2v) is 7.90. The molecule has 0 heterocycles. The second kappa shape index (κ2) is 8.24. The predicted octanol–water partition coefficient (Wildman–Crippen LogP) is 1.57. The Morgan fingerprint density at radius 1 is 1.00 bits per heavy atom. The van der Waals surface area contributed by atoms with E-state index in [1.807, 2.05) is 30.3 Å². The Labute approximate surface area is 148 Å². The summed E-state index contributed by atoms with van der Waals surface area (Å²) in [5.41, 5.74) is 1.33. The molecule has 0 aliphatic rings. The molecule has 0 spiro atoms. The molecule has 2 aromatic carbocycles. The summed E-state index contributed by atoms with van der Waals surface area (Å²) in [4.78, 5) is 14.4. The minimum absolute atomic E-state index is 0.130. The third-order valence-corrected chi connectivity index (χ3v) is 5.58. The molecular weight excluding hydrogens is 340 g/mol. The summed E-state index contributed by atoms with van der Waals surface area (Å²) in [6, 6.07) is 15.3. The highest BCUT2D eigenvalue weighted by molar-refractivity contribution is 7.89. The summed E-state index contributed by atoms with van der Waals surface area (Å²) in [7, 11) is -0.619. The lowest BCUT2D eigenvalue weighted by Crippen LogP contribution is -2.33. The van der Waals surface area contributed by atoms with Gasteiger partial charge in [0.05, 0.1) is 11.5 Å². The Bertz CT molecular complexity index is 803. The number of aliphatic hydroxyl groups excluding tert-OH is 1. The number of nitrogens with zero attached hydrogens (tertiary/aromatic N) is 2. The Hall–Kier alpha value is -2.22. The second-order valence-electron chi connectivity index (χ2n) is 5.75. The molecular formula is C18H22N2O4S. The summed E-state index contributed by atoms with van der Waals surface area (Å²) in [6.07, 6.45) is 0. The van der Waals surface area contributed by atoms with Crippen LogP contribution in [0.3, 0.4) is 0 Å². The number of carbonyl (C=O) groups excluding carboxylic acids is 1. The highest BCUT2D eigenvalue weighted by Gasteiger charge is 2.19. The molecule has 2 rings (SSSR count). The fourth-order valence-corrected chi connectivity index (χ4v) is 3.24. The van der Waals surface area contributed by atoms with Crippen molar-refractivity contribution in [3.63, 3.8) is 0 Å². The zero-order valence-corrected chi connectivity index (χ0v) is 15.1. The Morgan fingerprint density at radius 3 is 2.12 bits per heavy atom. The van der Waals surface area contributed by atoms with Crippen LogP contribution in [0.25, 0.3) is 0 Å². The SMILES string of the molecule is CN(C)S(=O)(=O)c1ccc(C(=O)N(CCO)Cc2ccccc2)cc1. The van der Waals surface area contributed by atoms with Crippen LogP contribution in [-0.2, 0) is 16.6 Å². The van der Waals surface area contributed by atoms with Crippen LogP contribution in [0.1, 0.15) is 15.9 Å². The number of hydrogen-bond donors (Lipinski definition) is 1. The molecule has 2 aromatic rings. The molecule has 134 valence electrons. The maximum absolute atomic E-state index is 12.7. The third kappa shape index (κ3) is 4.66. The monoisotopic (exact) mass is 362 g/mol. The van der Waals surface area contributed by atoms with Crippen molar-refractivity contribution in [2.45, 2.75) is 11.4 Å². The molecule has 0 aliphatic carbocycles. The van der Waals surface area contributed by atoms with Crippen LogP contribution >= 0.6 is 0 Å². The smallest absolute Gasteiger partial charge is 0.254 e. The van der Waals surface area contributed by atoms with Gasteiger partial charge in [0, 0.05) is 32.7 Å². The number of sulfonamides is 1. The zero-order chi connectivity index (χ0) is 18.4. The first-order chi connectivity index (χ1) is 11.9. The standard InChI is InChI=1S/C18H22N2O4S/c1-19(2)25(23,24)17-10-8-16(9-11-17)18(22)20(12-13-21)14-15-6-4-3-5-7-15/h3-11,21H,12-14H2,1-2H3. The van der Waals surface area contributed by atoms with Crippen molar-refractivity contribution < 1.29 is 18.3 Å². The van der Waals surface area contributed by atoms with E-state index in [2.05, 4.69) is 0 Å². The van der Waals surface area contributed by atoms with E-state index in [1.165, 1.54) is 43.3 Å². The van der Waals surface area contributed by atoms with Crippen molar-refractivity contribution in [2.75, 3.05) is 27.2 Å². The van der Waals surface area contributed by atoms with Gasteiger partial charge in [-0.05, 0) is 29.8 Å². The quantitative estimate of drug-likeness (QED) is 0.811. The molecule has 0 aliphatic heterocycles. The molecule has 0 aromatic heterocycles. The minimum Gasteiger partial charge on any atom is -0.395 e. The average Bonchev–Trinajstić information content (AvgIpc) is 2.61. The fourth-order valence-electron chi connectivity index (χ4n) is 2.34. The van der Waals surface area contributed by atoms with Gasteiger partial charge in [0.15, 0.2) is 0 Å². The van der Waals surface area contributed by atoms with E-state index >= 15 is 0 Å². The van der Waals surface area contributed by atoms with Gasteiger partial charge in [-0.15, -0.1) is 0 Å². The van der Waals surface area contributed by atoms with Crippen molar-refractivity contribution >= 4 is 15.9 Å². The van der Waals surface area contributed by atoms with Gasteiger partial charge in [-0.1, -0.05) is 30.3 Å². The topological polar surface area (TPSA) is 77.9 Å². The fraction of sp³-hybridized carbons (Fsp3) is 0.278. The summed E-state index contributed by atoms with van der Waals surface area (Å²) < 4.78 is 25.3. The largest absolute Gasteiger partial charge is 0.395 e. The summed E-state index contributed by atoms with van der Waals surface area (Å²) in [5.74, 6) is -0.258. The van der Waals surface area contributed by atoms with E-state index in [-0.39, 0.29) is 24.0 Å². The first kappa shape index (κ1) is 19.1. The molecule has 25 heavy (non-hydrogen) atoms. The number of aliphatic hydroxyl groups is 1. The summed E-state index contributed by atoms with van der Waals surface area (Å²) >= 11 is 0. The van der Waals surface area contributed by atoms with Crippen molar-refractivity contribution in [3.05, 3.63) is 65.7 Å². The highest BCUT2D eigenvalue weighted by atomic mass is 32.2. The van der Waals surface area contributed by atoms with Gasteiger partial charge in [-0.25, -0.2) is 12.7 Å². The van der Waals surface area contributed by atoms with E-state index in [1.54, 1.807) is 0 Å². The number of benzene rings is 2. The molecule has 0 saturated carbocycles. The number of amides is 1. The molecule has 0 fully saturated rings. The molecule has 0 unspecified atom stereocenters. The number of hydrogen-bond acceptors (Lipinski definition) is 4. The maximum atomic E-state index is 12.7. The lowest BCUT2D eigenvalue weighted by atomic mass is 10.1.